The van der Waals surface area contributed by atoms with E-state index in [2.05, 4.69) is 4.74 Å². The van der Waals surface area contributed by atoms with E-state index in [1.165, 1.54) is 6.07 Å². The molecule has 0 aliphatic rings. The van der Waals surface area contributed by atoms with Gasteiger partial charge in [-0.2, -0.15) is 0 Å². The second kappa shape index (κ2) is 9.33. The lowest BCUT2D eigenvalue weighted by molar-refractivity contribution is -0.384. The van der Waals surface area contributed by atoms with Gasteiger partial charge in [0.05, 0.1) is 23.2 Å². The number of hydrogen-bond acceptors (Lipinski definition) is 7. The van der Waals surface area contributed by atoms with Crippen molar-refractivity contribution in [3.8, 4) is 11.5 Å². The van der Waals surface area contributed by atoms with E-state index >= 15 is 0 Å². The Morgan fingerprint density at radius 2 is 1.53 bits per heavy atom. The minimum atomic E-state index is -0.821. The van der Waals surface area contributed by atoms with Crippen LogP contribution in [0.2, 0.25) is 0 Å². The van der Waals surface area contributed by atoms with E-state index in [0.717, 1.165) is 19.2 Å². The number of para-hydroxylation sites is 2. The molecule has 0 saturated carbocycles. The molecule has 0 aromatic heterocycles. The molecule has 0 radical (unpaired) electrons. The fourth-order valence-electron chi connectivity index (χ4n) is 2.63. The molecule has 3 aromatic rings. The van der Waals surface area contributed by atoms with Crippen molar-refractivity contribution in [3.05, 3.63) is 99.6 Å². The number of carbonyl (C=O) groups is 2. The minimum Gasteiger partial charge on any atom is -0.465 e. The van der Waals surface area contributed by atoms with Crippen molar-refractivity contribution in [3.63, 3.8) is 0 Å². The van der Waals surface area contributed by atoms with Crippen molar-refractivity contribution in [2.75, 3.05) is 7.11 Å². The summed E-state index contributed by atoms with van der Waals surface area (Å²) >= 11 is 0. The van der Waals surface area contributed by atoms with Crippen molar-refractivity contribution in [2.24, 2.45) is 0 Å². The van der Waals surface area contributed by atoms with Crippen LogP contribution in [0, 0.1) is 10.1 Å². The second-order valence-electron chi connectivity index (χ2n) is 6.12. The number of non-ortho nitro benzene ring substituents is 1. The Morgan fingerprint density at radius 3 is 2.20 bits per heavy atom. The zero-order chi connectivity index (χ0) is 21.5. The van der Waals surface area contributed by atoms with Gasteiger partial charge in [0.15, 0.2) is 0 Å². The van der Waals surface area contributed by atoms with Gasteiger partial charge in [0, 0.05) is 17.7 Å². The van der Waals surface area contributed by atoms with Crippen LogP contribution in [0.3, 0.4) is 0 Å². The summed E-state index contributed by atoms with van der Waals surface area (Å²) in [5.41, 5.74) is -0.0662. The number of nitrogens with zero attached hydrogens (tertiary/aromatic N) is 1. The van der Waals surface area contributed by atoms with Crippen LogP contribution < -0.4 is 4.74 Å². The van der Waals surface area contributed by atoms with Gasteiger partial charge in [0.25, 0.3) is 5.69 Å². The van der Waals surface area contributed by atoms with E-state index in [9.17, 15) is 19.7 Å². The predicted octanol–water partition coefficient (Wildman–Crippen LogP) is 4.53. The monoisotopic (exact) mass is 407 g/mol. The number of rotatable bonds is 7. The molecule has 3 rings (SSSR count). The number of esters is 2. The molecule has 0 saturated heterocycles. The van der Waals surface area contributed by atoms with Crippen molar-refractivity contribution < 1.29 is 28.7 Å². The molecule has 152 valence electrons. The van der Waals surface area contributed by atoms with Gasteiger partial charge in [-0.3, -0.25) is 10.1 Å². The van der Waals surface area contributed by atoms with Crippen molar-refractivity contribution in [1.29, 1.82) is 0 Å². The van der Waals surface area contributed by atoms with Crippen LogP contribution in [0.4, 0.5) is 5.69 Å². The molecular formula is C22H17NO7. The summed E-state index contributed by atoms with van der Waals surface area (Å²) in [6.07, 6.45) is 0. The van der Waals surface area contributed by atoms with E-state index in [1.807, 2.05) is 18.2 Å². The summed E-state index contributed by atoms with van der Waals surface area (Å²) in [5.74, 6) is -0.490. The summed E-state index contributed by atoms with van der Waals surface area (Å²) in [5, 5.41) is 11.1. The Bertz CT molecular complexity index is 1080. The molecule has 8 nitrogen and oxygen atoms in total. The maximum Gasteiger partial charge on any atom is 0.338 e. The second-order valence-corrected chi connectivity index (χ2v) is 6.12. The lowest BCUT2D eigenvalue weighted by atomic mass is 10.1. The van der Waals surface area contributed by atoms with Crippen molar-refractivity contribution in [1.82, 2.24) is 0 Å². The highest BCUT2D eigenvalue weighted by Crippen LogP contribution is 2.26. The summed E-state index contributed by atoms with van der Waals surface area (Å²) in [6.45, 7) is -0.127. The summed E-state index contributed by atoms with van der Waals surface area (Å²) < 4.78 is 15.7. The number of nitro groups is 1. The zero-order valence-electron chi connectivity index (χ0n) is 15.9. The Labute approximate surface area is 171 Å². The maximum atomic E-state index is 12.5. The molecule has 0 fully saturated rings. The minimum absolute atomic E-state index is 0.119. The molecule has 0 spiro atoms. The molecule has 8 heteroatoms. The van der Waals surface area contributed by atoms with Gasteiger partial charge < -0.3 is 14.2 Å². The number of carbonyl (C=O) groups excluding carboxylic acids is 2. The van der Waals surface area contributed by atoms with Crippen LogP contribution in [0.1, 0.15) is 26.3 Å². The molecule has 0 aliphatic carbocycles. The fourth-order valence-corrected chi connectivity index (χ4v) is 2.63. The molecule has 30 heavy (non-hydrogen) atoms. The van der Waals surface area contributed by atoms with Crippen molar-refractivity contribution in [2.45, 2.75) is 6.61 Å². The SMILES string of the molecule is COC(=O)c1cc(C(=O)OCc2ccccc2Oc2ccccc2)cc([N+](=O)[O-])c1. The average molecular weight is 407 g/mol. The van der Waals surface area contributed by atoms with Gasteiger partial charge in [-0.15, -0.1) is 0 Å². The molecule has 0 heterocycles. The van der Waals surface area contributed by atoms with Crippen LogP contribution in [-0.4, -0.2) is 24.0 Å². The number of benzene rings is 3. The Kier molecular flexibility index (Phi) is 6.39. The first-order valence-corrected chi connectivity index (χ1v) is 8.83. The van der Waals surface area contributed by atoms with E-state index < -0.39 is 22.5 Å². The van der Waals surface area contributed by atoms with Gasteiger partial charge in [0.2, 0.25) is 0 Å². The van der Waals surface area contributed by atoms with Gasteiger partial charge in [0.1, 0.15) is 18.1 Å². The van der Waals surface area contributed by atoms with Crippen LogP contribution in [-0.2, 0) is 16.1 Å². The molecule has 0 bridgehead atoms. The van der Waals surface area contributed by atoms with Gasteiger partial charge in [-0.25, -0.2) is 9.59 Å². The molecular weight excluding hydrogens is 390 g/mol. The van der Waals surface area contributed by atoms with Crippen molar-refractivity contribution >= 4 is 17.6 Å². The molecule has 0 N–H and O–H groups in total. The first-order chi connectivity index (χ1) is 14.5. The Morgan fingerprint density at radius 1 is 0.900 bits per heavy atom. The molecule has 0 atom stereocenters. The Hall–Kier alpha value is -4.20. The summed E-state index contributed by atoms with van der Waals surface area (Å²) in [7, 11) is 1.14. The molecule has 0 aliphatic heterocycles. The third-order valence-corrected chi connectivity index (χ3v) is 4.09. The highest BCUT2D eigenvalue weighted by Gasteiger charge is 2.19. The lowest BCUT2D eigenvalue weighted by Gasteiger charge is -2.12. The summed E-state index contributed by atoms with van der Waals surface area (Å²) in [6, 6.07) is 19.4. The zero-order valence-corrected chi connectivity index (χ0v) is 15.9. The maximum absolute atomic E-state index is 12.5. The van der Waals surface area contributed by atoms with Crippen LogP contribution in [0.25, 0.3) is 0 Å². The van der Waals surface area contributed by atoms with Gasteiger partial charge in [-0.05, 0) is 24.3 Å². The summed E-state index contributed by atoms with van der Waals surface area (Å²) in [4.78, 5) is 34.7. The molecule has 0 unspecified atom stereocenters. The van der Waals surface area contributed by atoms with Crippen LogP contribution in [0.5, 0.6) is 11.5 Å². The largest absolute Gasteiger partial charge is 0.465 e. The number of nitro benzene ring substituents is 1. The third kappa shape index (κ3) is 4.99. The topological polar surface area (TPSA) is 105 Å². The highest BCUT2D eigenvalue weighted by molar-refractivity contribution is 5.96. The first kappa shape index (κ1) is 20.5. The Balaban J connectivity index is 1.79. The lowest BCUT2D eigenvalue weighted by Crippen LogP contribution is -2.09. The molecule has 0 amide bonds. The van der Waals surface area contributed by atoms with E-state index in [4.69, 9.17) is 9.47 Å². The van der Waals surface area contributed by atoms with Crippen LogP contribution >= 0.6 is 0 Å². The first-order valence-electron chi connectivity index (χ1n) is 8.83. The predicted molar refractivity (Wildman–Crippen MR) is 107 cm³/mol. The number of ether oxygens (including phenoxy) is 3. The number of hydrogen-bond donors (Lipinski definition) is 0. The normalized spacial score (nSPS) is 10.2. The highest BCUT2D eigenvalue weighted by atomic mass is 16.6. The average Bonchev–Trinajstić information content (AvgIpc) is 2.78. The van der Waals surface area contributed by atoms with Gasteiger partial charge in [-0.1, -0.05) is 36.4 Å². The third-order valence-electron chi connectivity index (χ3n) is 4.09. The number of methoxy groups -OCH3 is 1. The van der Waals surface area contributed by atoms with Crippen LogP contribution in [0.15, 0.2) is 72.8 Å². The van der Waals surface area contributed by atoms with E-state index in [0.29, 0.717) is 17.1 Å². The molecule has 3 aromatic carbocycles. The standard InChI is InChI=1S/C22H17NO7/c1-28-21(24)16-11-17(13-18(12-16)23(26)27)22(25)29-14-15-7-5-6-10-20(15)30-19-8-3-2-4-9-19/h2-13H,14H2,1H3. The fraction of sp³-hybridized carbons (Fsp3) is 0.0909. The van der Waals surface area contributed by atoms with E-state index in [1.54, 1.807) is 36.4 Å². The van der Waals surface area contributed by atoms with Gasteiger partial charge >= 0.3 is 11.9 Å². The quantitative estimate of drug-likeness (QED) is 0.322. The smallest absolute Gasteiger partial charge is 0.338 e. The van der Waals surface area contributed by atoms with E-state index in [-0.39, 0.29) is 17.7 Å².